The molecule has 0 unspecified atom stereocenters. The summed E-state index contributed by atoms with van der Waals surface area (Å²) < 4.78 is 0.343. The summed E-state index contributed by atoms with van der Waals surface area (Å²) in [6, 6.07) is 0. The molecule has 1 aliphatic heterocycles. The van der Waals surface area contributed by atoms with Gasteiger partial charge in [0.25, 0.3) is 0 Å². The number of hydrogen-bond acceptors (Lipinski definition) is 5. The minimum atomic E-state index is 0.343. The van der Waals surface area contributed by atoms with Gasteiger partial charge in [-0.3, -0.25) is 0 Å². The molecule has 3 nitrogen and oxygen atoms in total. The molecule has 1 N–H and O–H groups in total. The van der Waals surface area contributed by atoms with E-state index in [0.29, 0.717) is 4.75 Å². The molecule has 1 saturated heterocycles. The molecule has 21 heavy (non-hydrogen) atoms. The number of nitrogens with one attached hydrogen (secondary N) is 1. The highest BCUT2D eigenvalue weighted by atomic mass is 32.2. The first-order valence-corrected chi connectivity index (χ1v) is 9.94. The number of anilines is 1. The average molecular weight is 328 g/mol. The zero-order valence-corrected chi connectivity index (χ0v) is 15.5. The smallest absolute Gasteiger partial charge is 0.185 e. The molecule has 0 aromatic carbocycles. The van der Waals surface area contributed by atoms with Crippen LogP contribution in [0.3, 0.4) is 0 Å². The Balaban J connectivity index is 2.10. The van der Waals surface area contributed by atoms with Crippen molar-refractivity contribution in [3.63, 3.8) is 0 Å². The van der Waals surface area contributed by atoms with Crippen molar-refractivity contribution >= 4 is 28.2 Å². The van der Waals surface area contributed by atoms with E-state index in [9.17, 15) is 0 Å². The Bertz CT molecular complexity index is 443. The van der Waals surface area contributed by atoms with E-state index in [0.717, 1.165) is 32.6 Å². The van der Waals surface area contributed by atoms with Crippen molar-refractivity contribution in [2.45, 2.75) is 58.2 Å². The molecule has 0 bridgehead atoms. The lowest BCUT2D eigenvalue weighted by Crippen LogP contribution is -2.43. The predicted octanol–water partition coefficient (Wildman–Crippen LogP) is 3.93. The van der Waals surface area contributed by atoms with Gasteiger partial charge in [0.2, 0.25) is 0 Å². The van der Waals surface area contributed by atoms with Crippen LogP contribution in [0.15, 0.2) is 0 Å². The lowest BCUT2D eigenvalue weighted by molar-refractivity contribution is 0.645. The SMILES string of the molecule is CCCNCc1sc(N2CCSC(C)(C)C2)nc1CCC. The first-order valence-electron chi connectivity index (χ1n) is 8.14. The maximum Gasteiger partial charge on any atom is 0.185 e. The van der Waals surface area contributed by atoms with Crippen LogP contribution in [0, 0.1) is 0 Å². The molecule has 0 aliphatic carbocycles. The second-order valence-electron chi connectivity index (χ2n) is 6.32. The van der Waals surface area contributed by atoms with Gasteiger partial charge in [0.05, 0.1) is 5.69 Å². The highest BCUT2D eigenvalue weighted by molar-refractivity contribution is 8.00. The van der Waals surface area contributed by atoms with Crippen LogP contribution in [0.2, 0.25) is 0 Å². The van der Waals surface area contributed by atoms with Gasteiger partial charge in [-0.15, -0.1) is 11.3 Å². The molecule has 0 saturated carbocycles. The summed E-state index contributed by atoms with van der Waals surface area (Å²) in [5, 5.41) is 4.77. The third kappa shape index (κ3) is 4.86. The number of aromatic nitrogens is 1. The number of nitrogens with zero attached hydrogens (tertiary/aromatic N) is 2. The van der Waals surface area contributed by atoms with Crippen LogP contribution in [0.4, 0.5) is 5.13 Å². The zero-order valence-electron chi connectivity index (χ0n) is 13.9. The third-order valence-electron chi connectivity index (χ3n) is 3.66. The normalized spacial score (nSPS) is 18.2. The predicted molar refractivity (Wildman–Crippen MR) is 96.9 cm³/mol. The molecule has 1 aliphatic rings. The van der Waals surface area contributed by atoms with Crippen LogP contribution in [0.5, 0.6) is 0 Å². The summed E-state index contributed by atoms with van der Waals surface area (Å²) >= 11 is 3.98. The van der Waals surface area contributed by atoms with Crippen LogP contribution in [0.25, 0.3) is 0 Å². The molecule has 0 amide bonds. The maximum atomic E-state index is 4.96. The van der Waals surface area contributed by atoms with Crippen LogP contribution in [-0.4, -0.2) is 35.1 Å². The van der Waals surface area contributed by atoms with E-state index in [1.807, 2.05) is 11.3 Å². The fourth-order valence-corrected chi connectivity index (χ4v) is 4.85. The quantitative estimate of drug-likeness (QED) is 0.768. The molecule has 1 aromatic heterocycles. The van der Waals surface area contributed by atoms with E-state index in [4.69, 9.17) is 4.98 Å². The van der Waals surface area contributed by atoms with E-state index in [1.54, 1.807) is 0 Å². The third-order valence-corrected chi connectivity index (χ3v) is 6.12. The monoisotopic (exact) mass is 327 g/mol. The van der Waals surface area contributed by atoms with Gasteiger partial charge >= 0.3 is 0 Å². The Kier molecular flexibility index (Phi) is 6.38. The summed E-state index contributed by atoms with van der Waals surface area (Å²) in [4.78, 5) is 8.89. The van der Waals surface area contributed by atoms with Crippen LogP contribution in [0.1, 0.15) is 51.1 Å². The van der Waals surface area contributed by atoms with E-state index in [2.05, 4.69) is 49.7 Å². The van der Waals surface area contributed by atoms with Crippen LogP contribution < -0.4 is 10.2 Å². The minimum absolute atomic E-state index is 0.343. The van der Waals surface area contributed by atoms with Gasteiger partial charge in [-0.1, -0.05) is 20.3 Å². The van der Waals surface area contributed by atoms with Crippen molar-refractivity contribution in [2.24, 2.45) is 0 Å². The minimum Gasteiger partial charge on any atom is -0.346 e. The maximum absolute atomic E-state index is 4.96. The fourth-order valence-electron chi connectivity index (χ4n) is 2.63. The largest absolute Gasteiger partial charge is 0.346 e. The van der Waals surface area contributed by atoms with Gasteiger partial charge in [-0.25, -0.2) is 4.98 Å². The van der Waals surface area contributed by atoms with E-state index in [1.165, 1.54) is 34.3 Å². The summed E-state index contributed by atoms with van der Waals surface area (Å²) in [6.07, 6.45) is 3.46. The molecule has 2 rings (SSSR count). The van der Waals surface area contributed by atoms with Gasteiger partial charge in [0.15, 0.2) is 5.13 Å². The molecule has 1 aromatic rings. The summed E-state index contributed by atoms with van der Waals surface area (Å²) in [5.41, 5.74) is 1.32. The lowest BCUT2D eigenvalue weighted by Gasteiger charge is -2.37. The fraction of sp³-hybridized carbons (Fsp3) is 0.812. The summed E-state index contributed by atoms with van der Waals surface area (Å²) in [6.45, 7) is 13.4. The van der Waals surface area contributed by atoms with E-state index in [-0.39, 0.29) is 0 Å². The number of thioether (sulfide) groups is 1. The van der Waals surface area contributed by atoms with Gasteiger partial charge in [-0.2, -0.15) is 11.8 Å². The molecule has 0 spiro atoms. The van der Waals surface area contributed by atoms with Gasteiger partial charge in [0.1, 0.15) is 0 Å². The Morgan fingerprint density at radius 1 is 1.29 bits per heavy atom. The van der Waals surface area contributed by atoms with E-state index < -0.39 is 0 Å². The molecular formula is C16H29N3S2. The molecule has 5 heteroatoms. The summed E-state index contributed by atoms with van der Waals surface area (Å²) in [5.74, 6) is 1.21. The highest BCUT2D eigenvalue weighted by Crippen LogP contribution is 2.35. The van der Waals surface area contributed by atoms with Gasteiger partial charge in [0, 0.05) is 35.0 Å². The molecule has 0 radical (unpaired) electrons. The van der Waals surface area contributed by atoms with Crippen molar-refractivity contribution in [3.05, 3.63) is 10.6 Å². The Morgan fingerprint density at radius 2 is 2.10 bits per heavy atom. The second-order valence-corrected chi connectivity index (χ2v) is 9.19. The molecular weight excluding hydrogens is 298 g/mol. The first kappa shape index (κ1) is 17.1. The molecule has 0 atom stereocenters. The topological polar surface area (TPSA) is 28.2 Å². The number of hydrogen-bond donors (Lipinski definition) is 1. The van der Waals surface area contributed by atoms with E-state index >= 15 is 0 Å². The van der Waals surface area contributed by atoms with Crippen molar-refractivity contribution in [2.75, 3.05) is 30.3 Å². The van der Waals surface area contributed by atoms with Gasteiger partial charge < -0.3 is 10.2 Å². The first-order chi connectivity index (χ1) is 10.1. The average Bonchev–Trinajstić information content (AvgIpc) is 2.82. The molecule has 2 heterocycles. The standard InChI is InChI=1S/C16H29N3S2/c1-5-7-13-14(11-17-8-6-2)21-15(18-13)19-9-10-20-16(3,4)12-19/h17H,5-12H2,1-4H3. The Morgan fingerprint density at radius 3 is 2.76 bits per heavy atom. The second kappa shape index (κ2) is 7.84. The molecule has 120 valence electrons. The Labute approximate surface area is 137 Å². The zero-order chi connectivity index (χ0) is 15.3. The van der Waals surface area contributed by atoms with Crippen LogP contribution in [-0.2, 0) is 13.0 Å². The number of aryl methyl sites for hydroxylation is 1. The van der Waals surface area contributed by atoms with Crippen molar-refractivity contribution in [3.8, 4) is 0 Å². The molecule has 1 fully saturated rings. The Hall–Kier alpha value is -0.260. The lowest BCUT2D eigenvalue weighted by atomic mass is 10.2. The highest BCUT2D eigenvalue weighted by Gasteiger charge is 2.29. The van der Waals surface area contributed by atoms with Crippen LogP contribution >= 0.6 is 23.1 Å². The van der Waals surface area contributed by atoms with Crippen molar-refractivity contribution < 1.29 is 0 Å². The summed E-state index contributed by atoms with van der Waals surface area (Å²) in [7, 11) is 0. The number of rotatable bonds is 7. The van der Waals surface area contributed by atoms with Crippen molar-refractivity contribution in [1.29, 1.82) is 0 Å². The van der Waals surface area contributed by atoms with Gasteiger partial charge in [-0.05, 0) is 33.2 Å². The number of thiazole rings is 1. The van der Waals surface area contributed by atoms with Crippen molar-refractivity contribution in [1.82, 2.24) is 10.3 Å².